The molecule has 0 radical (unpaired) electrons. The van der Waals surface area contributed by atoms with Crippen molar-refractivity contribution in [2.75, 3.05) is 5.32 Å². The average molecular weight is 444 g/mol. The molecule has 0 atom stereocenters. The first-order valence-electron chi connectivity index (χ1n) is 10.9. The second-order valence-corrected chi connectivity index (χ2v) is 7.94. The Morgan fingerprint density at radius 1 is 1.15 bits per heavy atom. The molecule has 33 heavy (non-hydrogen) atoms. The number of anilines is 1. The molecule has 2 aromatic carbocycles. The van der Waals surface area contributed by atoms with E-state index in [1.807, 2.05) is 19.1 Å². The molecule has 0 aliphatic carbocycles. The summed E-state index contributed by atoms with van der Waals surface area (Å²) >= 11 is 0. The molecule has 168 valence electrons. The predicted octanol–water partition coefficient (Wildman–Crippen LogP) is 4.67. The van der Waals surface area contributed by atoms with Gasteiger partial charge < -0.3 is 9.73 Å². The molecule has 0 saturated carbocycles. The average Bonchev–Trinajstić information content (AvgIpc) is 3.34. The number of fused-ring (bicyclic) bond motifs is 1. The van der Waals surface area contributed by atoms with E-state index < -0.39 is 0 Å². The fourth-order valence-electron chi connectivity index (χ4n) is 3.60. The van der Waals surface area contributed by atoms with Crippen LogP contribution < -0.4 is 10.7 Å². The van der Waals surface area contributed by atoms with Crippen LogP contribution in [0.2, 0.25) is 0 Å². The first-order valence-corrected chi connectivity index (χ1v) is 10.9. The molecule has 8 heteroatoms. The second-order valence-electron chi connectivity index (χ2n) is 7.94. The number of unbranched alkanes of at least 4 members (excludes halogenated alkanes) is 2. The maximum absolute atomic E-state index is 12.6. The Balaban J connectivity index is 1.54. The Labute approximate surface area is 190 Å². The lowest BCUT2D eigenvalue weighted by atomic mass is 10.1. The van der Waals surface area contributed by atoms with Crippen molar-refractivity contribution in [3.05, 3.63) is 75.5 Å². The number of hydrogen-bond acceptors (Lipinski definition) is 6. The van der Waals surface area contributed by atoms with Crippen molar-refractivity contribution < 1.29 is 9.21 Å². The smallest absolute Gasteiger partial charge is 0.248 e. The van der Waals surface area contributed by atoms with Crippen molar-refractivity contribution in [1.82, 2.24) is 20.6 Å². The summed E-state index contributed by atoms with van der Waals surface area (Å²) in [6.07, 6.45) is 7.90. The van der Waals surface area contributed by atoms with Gasteiger partial charge in [0.15, 0.2) is 16.8 Å². The molecular formula is C25H25N5O3. The van der Waals surface area contributed by atoms with Crippen molar-refractivity contribution >= 4 is 28.6 Å². The SMILES string of the molecule is CCCCCc1ccc(/C=C/C(=O)Nc2cc(C)cc3c(=O)cc(-c4nnn[nH]4)oc23)cc1. The first-order chi connectivity index (χ1) is 16.0. The zero-order chi connectivity index (χ0) is 23.2. The summed E-state index contributed by atoms with van der Waals surface area (Å²) in [6, 6.07) is 13.0. The minimum atomic E-state index is -0.330. The highest BCUT2D eigenvalue weighted by Crippen LogP contribution is 2.27. The standard InChI is InChI=1S/C25H25N5O3/c1-3-4-5-6-17-7-9-18(10-8-17)11-12-23(32)26-20-14-16(2)13-19-21(31)15-22(33-24(19)20)25-27-29-30-28-25/h7-15H,3-6H2,1-2H3,(H,26,32)(H,27,28,29,30)/b12-11+. The second kappa shape index (κ2) is 10.0. The molecular weight excluding hydrogens is 418 g/mol. The maximum Gasteiger partial charge on any atom is 0.248 e. The number of aromatic nitrogens is 4. The normalized spacial score (nSPS) is 11.3. The summed E-state index contributed by atoms with van der Waals surface area (Å²) < 4.78 is 5.88. The first kappa shape index (κ1) is 22.1. The molecule has 0 aliphatic rings. The van der Waals surface area contributed by atoms with Crippen LogP contribution in [0.15, 0.2) is 57.8 Å². The number of aryl methyl sites for hydroxylation is 2. The van der Waals surface area contributed by atoms with E-state index in [2.05, 4.69) is 45.0 Å². The summed E-state index contributed by atoms with van der Waals surface area (Å²) in [7, 11) is 0. The number of hydrogen-bond donors (Lipinski definition) is 2. The van der Waals surface area contributed by atoms with Crippen molar-refractivity contribution in [2.24, 2.45) is 0 Å². The largest absolute Gasteiger partial charge is 0.450 e. The quantitative estimate of drug-likeness (QED) is 0.302. The van der Waals surface area contributed by atoms with Gasteiger partial charge in [-0.15, -0.1) is 5.10 Å². The van der Waals surface area contributed by atoms with E-state index in [-0.39, 0.29) is 28.5 Å². The van der Waals surface area contributed by atoms with Crippen molar-refractivity contribution in [3.63, 3.8) is 0 Å². The number of benzene rings is 2. The highest BCUT2D eigenvalue weighted by Gasteiger charge is 2.14. The van der Waals surface area contributed by atoms with Gasteiger partial charge in [-0.2, -0.15) is 0 Å². The number of tetrazole rings is 1. The van der Waals surface area contributed by atoms with Gasteiger partial charge in [-0.3, -0.25) is 9.59 Å². The molecule has 0 spiro atoms. The van der Waals surface area contributed by atoms with Crippen LogP contribution >= 0.6 is 0 Å². The van der Waals surface area contributed by atoms with Gasteiger partial charge in [-0.25, -0.2) is 5.10 Å². The molecule has 2 heterocycles. The summed E-state index contributed by atoms with van der Waals surface area (Å²) in [5.74, 6) is 0.0830. The van der Waals surface area contributed by atoms with Crippen molar-refractivity contribution in [3.8, 4) is 11.6 Å². The number of carbonyl (C=O) groups is 1. The Morgan fingerprint density at radius 2 is 1.97 bits per heavy atom. The van der Waals surface area contributed by atoms with Gasteiger partial charge in [-0.05, 0) is 65.1 Å². The lowest BCUT2D eigenvalue weighted by molar-refractivity contribution is -0.111. The van der Waals surface area contributed by atoms with E-state index in [4.69, 9.17) is 4.42 Å². The minimum Gasteiger partial charge on any atom is -0.450 e. The number of rotatable bonds is 8. The lowest BCUT2D eigenvalue weighted by Gasteiger charge is -2.09. The van der Waals surface area contributed by atoms with E-state index in [0.29, 0.717) is 11.1 Å². The fourth-order valence-corrected chi connectivity index (χ4v) is 3.60. The minimum absolute atomic E-state index is 0.187. The van der Waals surface area contributed by atoms with Gasteiger partial charge in [0.05, 0.1) is 11.1 Å². The third-order valence-corrected chi connectivity index (χ3v) is 5.29. The Kier molecular flexibility index (Phi) is 6.73. The van der Waals surface area contributed by atoms with Gasteiger partial charge in [-0.1, -0.05) is 44.0 Å². The fraction of sp³-hybridized carbons (Fsp3) is 0.240. The molecule has 2 N–H and O–H groups in total. The predicted molar refractivity (Wildman–Crippen MR) is 128 cm³/mol. The number of nitrogens with one attached hydrogen (secondary N) is 2. The number of aromatic amines is 1. The molecule has 0 saturated heterocycles. The number of H-pyrrole nitrogens is 1. The van der Waals surface area contributed by atoms with Gasteiger partial charge in [0.25, 0.3) is 0 Å². The topological polar surface area (TPSA) is 114 Å². The van der Waals surface area contributed by atoms with Crippen molar-refractivity contribution in [1.29, 1.82) is 0 Å². The zero-order valence-electron chi connectivity index (χ0n) is 18.6. The van der Waals surface area contributed by atoms with Crippen molar-refractivity contribution in [2.45, 2.75) is 39.5 Å². The Morgan fingerprint density at radius 3 is 2.70 bits per heavy atom. The van der Waals surface area contributed by atoms with Crippen LogP contribution in [-0.4, -0.2) is 26.5 Å². The molecule has 4 rings (SSSR count). The van der Waals surface area contributed by atoms with E-state index in [0.717, 1.165) is 17.5 Å². The highest BCUT2D eigenvalue weighted by molar-refractivity contribution is 6.06. The molecule has 4 aromatic rings. The van der Waals surface area contributed by atoms with E-state index in [9.17, 15) is 9.59 Å². The number of nitrogens with zero attached hydrogens (tertiary/aromatic N) is 3. The molecule has 1 amide bonds. The summed E-state index contributed by atoms with van der Waals surface area (Å²) in [5, 5.41) is 16.6. The summed E-state index contributed by atoms with van der Waals surface area (Å²) in [5.41, 5.74) is 3.46. The van der Waals surface area contributed by atoms with Crippen LogP contribution in [0.5, 0.6) is 0 Å². The van der Waals surface area contributed by atoms with Gasteiger partial charge in [0.2, 0.25) is 11.7 Å². The third-order valence-electron chi connectivity index (χ3n) is 5.29. The van der Waals surface area contributed by atoms with Gasteiger partial charge >= 0.3 is 0 Å². The molecule has 0 bridgehead atoms. The lowest BCUT2D eigenvalue weighted by Crippen LogP contribution is -2.10. The summed E-state index contributed by atoms with van der Waals surface area (Å²) in [6.45, 7) is 4.04. The molecule has 2 aromatic heterocycles. The van der Waals surface area contributed by atoms with Crippen LogP contribution in [0.4, 0.5) is 5.69 Å². The number of carbonyl (C=O) groups excluding carboxylic acids is 1. The molecule has 0 aliphatic heterocycles. The summed E-state index contributed by atoms with van der Waals surface area (Å²) in [4.78, 5) is 25.3. The zero-order valence-corrected chi connectivity index (χ0v) is 18.6. The van der Waals surface area contributed by atoms with Crippen LogP contribution in [0.1, 0.15) is 42.9 Å². The van der Waals surface area contributed by atoms with E-state index in [1.54, 1.807) is 18.2 Å². The van der Waals surface area contributed by atoms with Crippen LogP contribution in [0.25, 0.3) is 28.6 Å². The Hall–Kier alpha value is -4.07. The third kappa shape index (κ3) is 5.41. The highest BCUT2D eigenvalue weighted by atomic mass is 16.3. The molecule has 0 unspecified atom stereocenters. The van der Waals surface area contributed by atoms with Crippen LogP contribution in [-0.2, 0) is 11.2 Å². The van der Waals surface area contributed by atoms with E-state index in [1.165, 1.54) is 37.0 Å². The Bertz CT molecular complexity index is 1340. The monoisotopic (exact) mass is 443 g/mol. The maximum atomic E-state index is 12.6. The van der Waals surface area contributed by atoms with Crippen LogP contribution in [0, 0.1) is 6.92 Å². The van der Waals surface area contributed by atoms with Gasteiger partial charge in [0.1, 0.15) is 0 Å². The molecule has 8 nitrogen and oxygen atoms in total. The van der Waals surface area contributed by atoms with Gasteiger partial charge in [0, 0.05) is 12.1 Å². The van der Waals surface area contributed by atoms with Crippen LogP contribution in [0.3, 0.4) is 0 Å². The van der Waals surface area contributed by atoms with E-state index >= 15 is 0 Å². The number of amides is 1. The molecule has 0 fully saturated rings.